The molecule has 1 aromatic rings. The molecule has 0 bridgehead atoms. The summed E-state index contributed by atoms with van der Waals surface area (Å²) in [5.74, 6) is -0.204. The van der Waals surface area contributed by atoms with Crippen molar-refractivity contribution in [2.45, 2.75) is 32.4 Å². The summed E-state index contributed by atoms with van der Waals surface area (Å²) in [5, 5.41) is 3.25. The van der Waals surface area contributed by atoms with Gasteiger partial charge < -0.3 is 4.52 Å². The van der Waals surface area contributed by atoms with Crippen LogP contribution >= 0.6 is 0 Å². The van der Waals surface area contributed by atoms with E-state index < -0.39 is 11.6 Å². The SMILES string of the molecule is Cc1nc(C(C)(C)C(F)(F)F)no1. The number of aryl methyl sites for hydroxylation is 1. The fourth-order valence-electron chi connectivity index (χ4n) is 0.680. The van der Waals surface area contributed by atoms with E-state index in [1.54, 1.807) is 0 Å². The topological polar surface area (TPSA) is 38.9 Å². The lowest BCUT2D eigenvalue weighted by Gasteiger charge is -2.23. The monoisotopic (exact) mass is 194 g/mol. The normalized spacial score (nSPS) is 13.4. The Labute approximate surface area is 72.9 Å². The summed E-state index contributed by atoms with van der Waals surface area (Å²) in [4.78, 5) is 3.55. The first kappa shape index (κ1) is 10.0. The zero-order valence-corrected chi connectivity index (χ0v) is 7.44. The molecule has 1 aromatic heterocycles. The minimum atomic E-state index is -4.37. The van der Waals surface area contributed by atoms with Crippen LogP contribution in [-0.2, 0) is 5.41 Å². The summed E-state index contributed by atoms with van der Waals surface area (Å²) in [7, 11) is 0. The first-order valence-electron chi connectivity index (χ1n) is 3.62. The van der Waals surface area contributed by atoms with Gasteiger partial charge in [0, 0.05) is 6.92 Å². The number of rotatable bonds is 1. The van der Waals surface area contributed by atoms with Crippen LogP contribution < -0.4 is 0 Å². The Morgan fingerprint density at radius 2 is 1.77 bits per heavy atom. The molecule has 0 atom stereocenters. The molecule has 0 N–H and O–H groups in total. The molecule has 1 heterocycles. The summed E-state index contributed by atoms with van der Waals surface area (Å²) in [6.45, 7) is 3.47. The van der Waals surface area contributed by atoms with Crippen molar-refractivity contribution in [3.63, 3.8) is 0 Å². The quantitative estimate of drug-likeness (QED) is 0.688. The van der Waals surface area contributed by atoms with Gasteiger partial charge >= 0.3 is 6.18 Å². The Balaban J connectivity index is 3.07. The van der Waals surface area contributed by atoms with E-state index in [1.165, 1.54) is 6.92 Å². The van der Waals surface area contributed by atoms with E-state index in [0.717, 1.165) is 13.8 Å². The van der Waals surface area contributed by atoms with Crippen LogP contribution in [0.5, 0.6) is 0 Å². The minimum Gasteiger partial charge on any atom is -0.340 e. The zero-order valence-electron chi connectivity index (χ0n) is 7.44. The summed E-state index contributed by atoms with van der Waals surface area (Å²) in [5.41, 5.74) is -2.06. The van der Waals surface area contributed by atoms with Crippen molar-refractivity contribution in [3.8, 4) is 0 Å². The molecule has 6 heteroatoms. The summed E-state index contributed by atoms with van der Waals surface area (Å²) < 4.78 is 41.7. The zero-order chi connectivity index (χ0) is 10.3. The molecule has 0 aromatic carbocycles. The largest absolute Gasteiger partial charge is 0.401 e. The molecule has 0 unspecified atom stereocenters. The van der Waals surface area contributed by atoms with E-state index >= 15 is 0 Å². The number of nitrogens with zero attached hydrogens (tertiary/aromatic N) is 2. The third-order valence-electron chi connectivity index (χ3n) is 1.80. The molecule has 0 saturated carbocycles. The van der Waals surface area contributed by atoms with Crippen molar-refractivity contribution in [2.75, 3.05) is 0 Å². The van der Waals surface area contributed by atoms with E-state index in [2.05, 4.69) is 14.7 Å². The lowest BCUT2D eigenvalue weighted by molar-refractivity contribution is -0.182. The van der Waals surface area contributed by atoms with Gasteiger partial charge in [-0.15, -0.1) is 0 Å². The number of alkyl halides is 3. The second-order valence-corrected chi connectivity index (χ2v) is 3.26. The Morgan fingerprint density at radius 1 is 1.23 bits per heavy atom. The highest BCUT2D eigenvalue weighted by molar-refractivity contribution is 5.06. The first-order chi connectivity index (χ1) is 5.75. The van der Waals surface area contributed by atoms with E-state index in [4.69, 9.17) is 0 Å². The maximum atomic E-state index is 12.4. The van der Waals surface area contributed by atoms with Crippen LogP contribution in [0, 0.1) is 6.92 Å². The summed E-state index contributed by atoms with van der Waals surface area (Å²) >= 11 is 0. The molecule has 0 saturated heterocycles. The van der Waals surface area contributed by atoms with Crippen LogP contribution in [0.15, 0.2) is 4.52 Å². The van der Waals surface area contributed by atoms with Gasteiger partial charge in [0.2, 0.25) is 5.89 Å². The molecule has 1 rings (SSSR count). The predicted octanol–water partition coefficient (Wildman–Crippen LogP) is 2.22. The molecule has 3 nitrogen and oxygen atoms in total. The van der Waals surface area contributed by atoms with Gasteiger partial charge in [-0.3, -0.25) is 0 Å². The Hall–Kier alpha value is -1.07. The van der Waals surface area contributed by atoms with E-state index in [0.29, 0.717) is 0 Å². The average Bonchev–Trinajstić information content (AvgIpc) is 2.33. The molecule has 0 radical (unpaired) electrons. The van der Waals surface area contributed by atoms with Crippen LogP contribution in [0.25, 0.3) is 0 Å². The van der Waals surface area contributed by atoms with E-state index in [-0.39, 0.29) is 11.7 Å². The van der Waals surface area contributed by atoms with Crippen molar-refractivity contribution >= 4 is 0 Å². The number of hydrogen-bond donors (Lipinski definition) is 0. The maximum Gasteiger partial charge on any atom is 0.401 e. The third kappa shape index (κ3) is 1.66. The van der Waals surface area contributed by atoms with Crippen LogP contribution in [0.1, 0.15) is 25.6 Å². The van der Waals surface area contributed by atoms with Crippen LogP contribution in [0.2, 0.25) is 0 Å². The van der Waals surface area contributed by atoms with Gasteiger partial charge in [0.1, 0.15) is 5.41 Å². The fourth-order valence-corrected chi connectivity index (χ4v) is 0.680. The fraction of sp³-hybridized carbons (Fsp3) is 0.714. The second-order valence-electron chi connectivity index (χ2n) is 3.26. The Bertz CT molecular complexity index is 303. The standard InChI is InChI=1S/C7H9F3N2O/c1-4-11-5(12-13-4)6(2,3)7(8,9)10/h1-3H3. The lowest BCUT2D eigenvalue weighted by Crippen LogP contribution is -2.37. The van der Waals surface area contributed by atoms with Gasteiger partial charge in [0.25, 0.3) is 0 Å². The molecular formula is C7H9F3N2O. The smallest absolute Gasteiger partial charge is 0.340 e. The Morgan fingerprint density at radius 3 is 2.08 bits per heavy atom. The van der Waals surface area contributed by atoms with E-state index in [9.17, 15) is 13.2 Å². The van der Waals surface area contributed by atoms with Crippen molar-refractivity contribution < 1.29 is 17.7 Å². The highest BCUT2D eigenvalue weighted by Gasteiger charge is 2.51. The van der Waals surface area contributed by atoms with Gasteiger partial charge in [-0.05, 0) is 13.8 Å². The first-order valence-corrected chi connectivity index (χ1v) is 3.62. The van der Waals surface area contributed by atoms with E-state index in [1.807, 2.05) is 0 Å². The summed E-state index contributed by atoms with van der Waals surface area (Å²) in [6, 6.07) is 0. The van der Waals surface area contributed by atoms with Gasteiger partial charge in [0.15, 0.2) is 5.82 Å². The minimum absolute atomic E-state index is 0.132. The van der Waals surface area contributed by atoms with Crippen LogP contribution in [0.3, 0.4) is 0 Å². The molecule has 0 fully saturated rings. The number of aromatic nitrogens is 2. The van der Waals surface area contributed by atoms with Crippen molar-refractivity contribution in [3.05, 3.63) is 11.7 Å². The van der Waals surface area contributed by atoms with Gasteiger partial charge in [-0.2, -0.15) is 18.2 Å². The molecule has 0 aliphatic rings. The van der Waals surface area contributed by atoms with Gasteiger partial charge in [-0.25, -0.2) is 0 Å². The molecule has 0 aliphatic heterocycles. The number of halogens is 3. The van der Waals surface area contributed by atoms with Crippen molar-refractivity contribution in [1.82, 2.24) is 10.1 Å². The molecule has 0 spiro atoms. The molecule has 13 heavy (non-hydrogen) atoms. The van der Waals surface area contributed by atoms with Crippen molar-refractivity contribution in [2.24, 2.45) is 0 Å². The molecule has 0 amide bonds. The lowest BCUT2D eigenvalue weighted by atomic mass is 9.92. The van der Waals surface area contributed by atoms with Gasteiger partial charge in [-0.1, -0.05) is 5.16 Å². The third-order valence-corrected chi connectivity index (χ3v) is 1.80. The molecule has 0 aliphatic carbocycles. The van der Waals surface area contributed by atoms with Gasteiger partial charge in [0.05, 0.1) is 0 Å². The van der Waals surface area contributed by atoms with Crippen molar-refractivity contribution in [1.29, 1.82) is 0 Å². The second kappa shape index (κ2) is 2.71. The van der Waals surface area contributed by atoms with Crippen LogP contribution in [-0.4, -0.2) is 16.3 Å². The highest BCUT2D eigenvalue weighted by Crippen LogP contribution is 2.38. The molecule has 74 valence electrons. The predicted molar refractivity (Wildman–Crippen MR) is 38.1 cm³/mol. The number of hydrogen-bond acceptors (Lipinski definition) is 3. The highest BCUT2D eigenvalue weighted by atomic mass is 19.4. The summed E-state index contributed by atoms with van der Waals surface area (Å²) in [6.07, 6.45) is -4.37. The van der Waals surface area contributed by atoms with Crippen LogP contribution in [0.4, 0.5) is 13.2 Å². The Kier molecular flexibility index (Phi) is 2.09. The average molecular weight is 194 g/mol. The maximum absolute atomic E-state index is 12.4. The molecular weight excluding hydrogens is 185 g/mol.